The number of quaternary nitrogens is 1. The maximum Gasteiger partial charge on any atom is 0.306 e. The van der Waals surface area contributed by atoms with Gasteiger partial charge in [0.1, 0.15) is 12.1 Å². The fourth-order valence-electron chi connectivity index (χ4n) is 11.9. The summed E-state index contributed by atoms with van der Waals surface area (Å²) in [5.74, 6) is 2.63. The lowest BCUT2D eigenvalue weighted by Crippen LogP contribution is -3.00. The Morgan fingerprint density at radius 1 is 0.884 bits per heavy atom. The summed E-state index contributed by atoms with van der Waals surface area (Å²) in [4.78, 5) is 28.0. The third-order valence-electron chi connectivity index (χ3n) is 14.1. The average molecular weight is 666 g/mol. The Kier molecular flexibility index (Phi) is 10.4. The van der Waals surface area contributed by atoms with Gasteiger partial charge in [0.15, 0.2) is 6.10 Å². The molecule has 4 saturated carbocycles. The summed E-state index contributed by atoms with van der Waals surface area (Å²) in [7, 11) is 2.49. The van der Waals surface area contributed by atoms with Crippen molar-refractivity contribution >= 4 is 11.9 Å². The quantitative estimate of drug-likeness (QED) is 0.320. The van der Waals surface area contributed by atoms with Gasteiger partial charge in [-0.15, -0.1) is 0 Å². The van der Waals surface area contributed by atoms with Gasteiger partial charge in [0.25, 0.3) is 0 Å². The summed E-state index contributed by atoms with van der Waals surface area (Å²) in [6.07, 6.45) is 17.7. The molecule has 0 aromatic carbocycles. The van der Waals surface area contributed by atoms with Crippen LogP contribution in [0.4, 0.5) is 0 Å². The first-order valence-corrected chi connectivity index (χ1v) is 18.0. The third kappa shape index (κ3) is 6.11. The van der Waals surface area contributed by atoms with E-state index in [0.717, 1.165) is 36.3 Å². The number of fused-ring (bicyclic) bond motifs is 5. The van der Waals surface area contributed by atoms with E-state index in [2.05, 4.69) is 32.7 Å². The van der Waals surface area contributed by atoms with Crippen LogP contribution >= 0.6 is 0 Å². The summed E-state index contributed by atoms with van der Waals surface area (Å²) in [5, 5.41) is 0. The Balaban J connectivity index is 0.00000368. The van der Waals surface area contributed by atoms with Crippen LogP contribution in [0.5, 0.6) is 0 Å². The van der Waals surface area contributed by atoms with E-state index in [9.17, 15) is 9.59 Å². The van der Waals surface area contributed by atoms with E-state index in [-0.39, 0.29) is 46.5 Å². The zero-order valence-electron chi connectivity index (χ0n) is 28.0. The summed E-state index contributed by atoms with van der Waals surface area (Å²) < 4.78 is 13.8. The number of hydrogen-bond donors (Lipinski definition) is 0. The van der Waals surface area contributed by atoms with Crippen LogP contribution in [0.2, 0.25) is 0 Å². The molecule has 3 unspecified atom stereocenters. The van der Waals surface area contributed by atoms with Gasteiger partial charge in [-0.2, -0.15) is 0 Å². The first-order chi connectivity index (χ1) is 20.1. The number of likely N-dealkylation sites (tertiary alicyclic amines) is 2. The first kappa shape index (κ1) is 33.7. The summed E-state index contributed by atoms with van der Waals surface area (Å²) in [6.45, 7) is 13.6. The molecule has 246 valence electrons. The second-order valence-corrected chi connectivity index (χ2v) is 16.4. The van der Waals surface area contributed by atoms with Gasteiger partial charge in [0, 0.05) is 31.2 Å². The number of carbonyl (C=O) groups is 2. The predicted molar refractivity (Wildman–Crippen MR) is 166 cm³/mol. The molecular formula is C36H61BrN2O4. The lowest BCUT2D eigenvalue weighted by Gasteiger charge is -2.62. The highest BCUT2D eigenvalue weighted by atomic mass is 79.9. The van der Waals surface area contributed by atoms with Crippen LogP contribution in [0.15, 0.2) is 0 Å². The molecule has 6 nitrogen and oxygen atoms in total. The van der Waals surface area contributed by atoms with Gasteiger partial charge in [-0.1, -0.05) is 27.2 Å². The van der Waals surface area contributed by atoms with E-state index in [1.807, 2.05) is 0 Å². The Morgan fingerprint density at radius 2 is 1.58 bits per heavy atom. The molecule has 2 heterocycles. The van der Waals surface area contributed by atoms with E-state index in [1.54, 1.807) is 6.92 Å². The summed E-state index contributed by atoms with van der Waals surface area (Å²) in [6, 6.07) is 0.797. The van der Waals surface area contributed by atoms with Crippen LogP contribution in [0.25, 0.3) is 0 Å². The van der Waals surface area contributed by atoms with Crippen molar-refractivity contribution in [2.45, 2.75) is 148 Å². The van der Waals surface area contributed by atoms with Gasteiger partial charge in [-0.05, 0) is 119 Å². The number of likely N-dealkylation sites (N-methyl/N-ethyl adjacent to an activating group) is 1. The van der Waals surface area contributed by atoms with Crippen molar-refractivity contribution in [2.75, 3.05) is 33.2 Å². The first-order valence-electron chi connectivity index (χ1n) is 18.0. The molecular weight excluding hydrogens is 604 g/mol. The van der Waals surface area contributed by atoms with Gasteiger partial charge in [-0.3, -0.25) is 14.5 Å². The van der Waals surface area contributed by atoms with Gasteiger partial charge >= 0.3 is 11.9 Å². The minimum absolute atomic E-state index is 0. The molecule has 4 aliphatic carbocycles. The molecule has 0 amide bonds. The second-order valence-electron chi connectivity index (χ2n) is 16.4. The maximum atomic E-state index is 13.1. The largest absolute Gasteiger partial charge is 1.00 e. The van der Waals surface area contributed by atoms with E-state index in [0.29, 0.717) is 41.7 Å². The highest BCUT2D eigenvalue weighted by Gasteiger charge is 2.67. The summed E-state index contributed by atoms with van der Waals surface area (Å²) in [5.41, 5.74) is 0.372. The number of esters is 2. The number of rotatable bonds is 6. The minimum atomic E-state index is -0.109. The highest BCUT2D eigenvalue weighted by Crippen LogP contribution is 2.67. The van der Waals surface area contributed by atoms with E-state index in [4.69, 9.17) is 9.47 Å². The standard InChI is InChI=1S/C36H61N2O4.BrH/c1-6-13-33(40)42-34-31(38(5)20-11-8-12-21-38)23-29-27-15-14-26-22-32(41-25(2)39)30(37-18-9-7-10-19-37)24-36(26,4)28(27)16-17-35(29,34)3;/h26-32,34H,6-24H2,1-5H3;1H/q+1;/p-1/t26-,27?,28?,29?,30-,31-,32-,34+,35-,36-;/m0./s1. The van der Waals surface area contributed by atoms with E-state index < -0.39 is 0 Å². The predicted octanol–water partition coefficient (Wildman–Crippen LogP) is 3.75. The van der Waals surface area contributed by atoms with Crippen LogP contribution in [0.3, 0.4) is 0 Å². The fraction of sp³-hybridized carbons (Fsp3) is 0.944. The number of hydrogen-bond acceptors (Lipinski definition) is 5. The molecule has 7 heteroatoms. The van der Waals surface area contributed by atoms with Crippen LogP contribution in [0.1, 0.15) is 124 Å². The van der Waals surface area contributed by atoms with Crippen molar-refractivity contribution in [3.8, 4) is 0 Å². The molecule has 0 bridgehead atoms. The van der Waals surface area contributed by atoms with Gasteiger partial charge in [-0.25, -0.2) is 0 Å². The molecule has 6 aliphatic rings. The van der Waals surface area contributed by atoms with Gasteiger partial charge < -0.3 is 30.9 Å². The Hall–Kier alpha value is -0.660. The Bertz CT molecular complexity index is 996. The zero-order chi connectivity index (χ0) is 29.7. The smallest absolute Gasteiger partial charge is 0.306 e. The van der Waals surface area contributed by atoms with Crippen LogP contribution in [0, 0.1) is 34.5 Å². The Morgan fingerprint density at radius 3 is 2.26 bits per heavy atom. The zero-order valence-corrected chi connectivity index (χ0v) is 29.5. The van der Waals surface area contributed by atoms with E-state index in [1.165, 1.54) is 90.1 Å². The molecule has 10 atom stereocenters. The molecule has 6 fully saturated rings. The van der Waals surface area contributed by atoms with Crippen molar-refractivity contribution in [1.29, 1.82) is 0 Å². The molecule has 2 saturated heterocycles. The molecule has 0 N–H and O–H groups in total. The van der Waals surface area contributed by atoms with Crippen molar-refractivity contribution < 1.29 is 40.5 Å². The summed E-state index contributed by atoms with van der Waals surface area (Å²) >= 11 is 0. The number of nitrogens with zero attached hydrogens (tertiary/aromatic N) is 2. The number of carbonyl (C=O) groups excluding carboxylic acids is 2. The molecule has 0 aromatic heterocycles. The highest BCUT2D eigenvalue weighted by molar-refractivity contribution is 5.69. The number of piperidine rings is 2. The minimum Gasteiger partial charge on any atom is -1.00 e. The second kappa shape index (κ2) is 13.2. The topological polar surface area (TPSA) is 55.8 Å². The van der Waals surface area contributed by atoms with Crippen LogP contribution < -0.4 is 17.0 Å². The van der Waals surface area contributed by atoms with Crippen molar-refractivity contribution in [3.05, 3.63) is 0 Å². The lowest BCUT2D eigenvalue weighted by atomic mass is 9.44. The van der Waals surface area contributed by atoms with Crippen molar-refractivity contribution in [3.63, 3.8) is 0 Å². The van der Waals surface area contributed by atoms with Crippen LogP contribution in [-0.4, -0.2) is 78.8 Å². The average Bonchev–Trinajstić information content (AvgIpc) is 3.26. The van der Waals surface area contributed by atoms with Crippen molar-refractivity contribution in [1.82, 2.24) is 4.90 Å². The molecule has 6 rings (SSSR count). The van der Waals surface area contributed by atoms with Gasteiger partial charge in [0.05, 0.1) is 20.1 Å². The number of ether oxygens (including phenoxy) is 2. The molecule has 43 heavy (non-hydrogen) atoms. The lowest BCUT2D eigenvalue weighted by molar-refractivity contribution is -0.940. The van der Waals surface area contributed by atoms with Crippen LogP contribution in [-0.2, 0) is 19.1 Å². The van der Waals surface area contributed by atoms with E-state index >= 15 is 0 Å². The Labute approximate surface area is 272 Å². The molecule has 0 spiro atoms. The maximum absolute atomic E-state index is 13.1. The molecule has 0 aromatic rings. The van der Waals surface area contributed by atoms with Gasteiger partial charge in [0.2, 0.25) is 0 Å². The van der Waals surface area contributed by atoms with Crippen molar-refractivity contribution in [2.24, 2.45) is 34.5 Å². The number of halogens is 1. The normalized spacial score (nSPS) is 44.2. The monoisotopic (exact) mass is 664 g/mol. The molecule has 0 radical (unpaired) electrons. The SMILES string of the molecule is CCCC(=O)O[C@@H]1[C@@H]([N+]2(C)CCCCC2)CC2C3CC[C@H]4C[C@H](OC(C)=O)[C@@H](N5CCCCC5)C[C@]4(C)C3CC[C@@]21C.[Br-]. The molecule has 2 aliphatic heterocycles. The third-order valence-corrected chi connectivity index (χ3v) is 14.1. The fourth-order valence-corrected chi connectivity index (χ4v) is 11.9.